The van der Waals surface area contributed by atoms with Gasteiger partial charge in [0.1, 0.15) is 5.75 Å². The van der Waals surface area contributed by atoms with E-state index in [-0.39, 0.29) is 12.4 Å². The number of benzene rings is 1. The second-order valence-corrected chi connectivity index (χ2v) is 5.41. The molecule has 0 saturated carbocycles. The van der Waals surface area contributed by atoms with E-state index >= 15 is 0 Å². The fourth-order valence-corrected chi connectivity index (χ4v) is 2.09. The third kappa shape index (κ3) is 6.62. The van der Waals surface area contributed by atoms with Crippen molar-refractivity contribution >= 4 is 28.3 Å². The van der Waals surface area contributed by atoms with Gasteiger partial charge in [-0.05, 0) is 59.4 Å². The van der Waals surface area contributed by atoms with Crippen LogP contribution in [0.25, 0.3) is 0 Å². The molecule has 4 heteroatoms. The number of hydrogen-bond acceptors (Lipinski definition) is 2. The molecular formula is C14H23BrClNO. The maximum Gasteiger partial charge on any atom is 0.133 e. The van der Waals surface area contributed by atoms with E-state index < -0.39 is 0 Å². The fourth-order valence-electron chi connectivity index (χ4n) is 1.55. The lowest BCUT2D eigenvalue weighted by molar-refractivity contribution is 0.338. The highest BCUT2D eigenvalue weighted by atomic mass is 79.9. The van der Waals surface area contributed by atoms with Crippen molar-refractivity contribution in [2.75, 3.05) is 13.2 Å². The quantitative estimate of drug-likeness (QED) is 0.745. The monoisotopic (exact) mass is 335 g/mol. The van der Waals surface area contributed by atoms with E-state index in [4.69, 9.17) is 4.74 Å². The molecular weight excluding hydrogens is 314 g/mol. The van der Waals surface area contributed by atoms with Gasteiger partial charge in [-0.1, -0.05) is 19.9 Å². The summed E-state index contributed by atoms with van der Waals surface area (Å²) in [6, 6.07) is 6.25. The maximum atomic E-state index is 5.48. The largest absolute Gasteiger partial charge is 0.493 e. The molecule has 1 aromatic rings. The SMILES string of the molecule is CCOc1ccc(CNCCC(C)C)cc1Br.Cl. The minimum absolute atomic E-state index is 0. The second-order valence-electron chi connectivity index (χ2n) is 4.56. The van der Waals surface area contributed by atoms with Crippen molar-refractivity contribution in [3.63, 3.8) is 0 Å². The van der Waals surface area contributed by atoms with E-state index in [0.29, 0.717) is 6.61 Å². The third-order valence-corrected chi connectivity index (χ3v) is 3.14. The maximum absolute atomic E-state index is 5.48. The van der Waals surface area contributed by atoms with Gasteiger partial charge < -0.3 is 10.1 Å². The zero-order chi connectivity index (χ0) is 12.7. The molecule has 18 heavy (non-hydrogen) atoms. The Kier molecular flexibility index (Phi) is 9.52. The van der Waals surface area contributed by atoms with Crippen LogP contribution in [0.15, 0.2) is 22.7 Å². The average Bonchev–Trinajstić information content (AvgIpc) is 2.28. The first-order chi connectivity index (χ1) is 8.13. The minimum atomic E-state index is 0. The summed E-state index contributed by atoms with van der Waals surface area (Å²) in [6.45, 7) is 9.17. The summed E-state index contributed by atoms with van der Waals surface area (Å²) in [5, 5.41) is 3.45. The second kappa shape index (κ2) is 9.65. The van der Waals surface area contributed by atoms with Gasteiger partial charge in [-0.25, -0.2) is 0 Å². The third-order valence-electron chi connectivity index (χ3n) is 2.52. The van der Waals surface area contributed by atoms with Gasteiger partial charge in [-0.15, -0.1) is 12.4 Å². The van der Waals surface area contributed by atoms with Crippen LogP contribution >= 0.6 is 28.3 Å². The van der Waals surface area contributed by atoms with E-state index in [9.17, 15) is 0 Å². The van der Waals surface area contributed by atoms with Crippen LogP contribution in [0.3, 0.4) is 0 Å². The Hall–Kier alpha value is -0.250. The number of rotatable bonds is 7. The van der Waals surface area contributed by atoms with Crippen LogP contribution in [0.5, 0.6) is 5.75 Å². The van der Waals surface area contributed by atoms with Crippen molar-refractivity contribution in [3.8, 4) is 5.75 Å². The molecule has 1 rings (SSSR count). The number of ether oxygens (including phenoxy) is 1. The van der Waals surface area contributed by atoms with Crippen LogP contribution in [0, 0.1) is 5.92 Å². The average molecular weight is 337 g/mol. The van der Waals surface area contributed by atoms with Crippen molar-refractivity contribution < 1.29 is 4.74 Å². The number of nitrogens with one attached hydrogen (secondary N) is 1. The first-order valence-electron chi connectivity index (χ1n) is 6.25. The van der Waals surface area contributed by atoms with Crippen molar-refractivity contribution in [2.24, 2.45) is 5.92 Å². The Morgan fingerprint density at radius 2 is 2.06 bits per heavy atom. The normalized spacial score (nSPS) is 10.3. The van der Waals surface area contributed by atoms with Gasteiger partial charge in [0, 0.05) is 6.54 Å². The fraction of sp³-hybridized carbons (Fsp3) is 0.571. The van der Waals surface area contributed by atoms with E-state index in [0.717, 1.165) is 29.2 Å². The Balaban J connectivity index is 0.00000289. The predicted octanol–water partition coefficient (Wildman–Crippen LogP) is 4.41. The summed E-state index contributed by atoms with van der Waals surface area (Å²) in [5.41, 5.74) is 1.28. The smallest absolute Gasteiger partial charge is 0.133 e. The summed E-state index contributed by atoms with van der Waals surface area (Å²) in [7, 11) is 0. The molecule has 0 aromatic heterocycles. The molecule has 0 bridgehead atoms. The van der Waals surface area contributed by atoms with Gasteiger partial charge in [0.15, 0.2) is 0 Å². The van der Waals surface area contributed by atoms with Crippen LogP contribution < -0.4 is 10.1 Å². The van der Waals surface area contributed by atoms with Crippen LogP contribution in [-0.2, 0) is 6.54 Å². The van der Waals surface area contributed by atoms with Gasteiger partial charge >= 0.3 is 0 Å². The van der Waals surface area contributed by atoms with Gasteiger partial charge in [-0.3, -0.25) is 0 Å². The molecule has 0 heterocycles. The van der Waals surface area contributed by atoms with Crippen molar-refractivity contribution in [1.82, 2.24) is 5.32 Å². The van der Waals surface area contributed by atoms with Gasteiger partial charge in [0.25, 0.3) is 0 Å². The molecule has 0 unspecified atom stereocenters. The van der Waals surface area contributed by atoms with E-state index in [1.54, 1.807) is 0 Å². The van der Waals surface area contributed by atoms with Gasteiger partial charge in [-0.2, -0.15) is 0 Å². The highest BCUT2D eigenvalue weighted by molar-refractivity contribution is 9.10. The molecule has 0 spiro atoms. The highest BCUT2D eigenvalue weighted by Gasteiger charge is 2.02. The minimum Gasteiger partial charge on any atom is -0.493 e. The first kappa shape index (κ1) is 17.8. The van der Waals surface area contributed by atoms with E-state index in [2.05, 4.69) is 47.2 Å². The van der Waals surface area contributed by atoms with Crippen molar-refractivity contribution in [2.45, 2.75) is 33.7 Å². The molecule has 2 nitrogen and oxygen atoms in total. The predicted molar refractivity (Wildman–Crippen MR) is 83.7 cm³/mol. The topological polar surface area (TPSA) is 21.3 Å². The van der Waals surface area contributed by atoms with E-state index in [1.165, 1.54) is 12.0 Å². The molecule has 104 valence electrons. The summed E-state index contributed by atoms with van der Waals surface area (Å²) in [4.78, 5) is 0. The Morgan fingerprint density at radius 3 is 2.61 bits per heavy atom. The van der Waals surface area contributed by atoms with Gasteiger partial charge in [0.05, 0.1) is 11.1 Å². The highest BCUT2D eigenvalue weighted by Crippen LogP contribution is 2.25. The molecule has 0 radical (unpaired) electrons. The summed E-state index contributed by atoms with van der Waals surface area (Å²) < 4.78 is 6.51. The summed E-state index contributed by atoms with van der Waals surface area (Å²) in [6.07, 6.45) is 1.22. The van der Waals surface area contributed by atoms with Crippen molar-refractivity contribution in [1.29, 1.82) is 0 Å². The summed E-state index contributed by atoms with van der Waals surface area (Å²) in [5.74, 6) is 1.67. The molecule has 0 fully saturated rings. The molecule has 1 aromatic carbocycles. The Labute approximate surface area is 125 Å². The van der Waals surface area contributed by atoms with Crippen LogP contribution in [-0.4, -0.2) is 13.2 Å². The van der Waals surface area contributed by atoms with E-state index in [1.807, 2.05) is 13.0 Å². The zero-order valence-electron chi connectivity index (χ0n) is 11.3. The first-order valence-corrected chi connectivity index (χ1v) is 7.04. The van der Waals surface area contributed by atoms with Crippen LogP contribution in [0.4, 0.5) is 0 Å². The molecule has 0 saturated heterocycles. The number of hydrogen-bond donors (Lipinski definition) is 1. The van der Waals surface area contributed by atoms with Crippen molar-refractivity contribution in [3.05, 3.63) is 28.2 Å². The molecule has 0 amide bonds. The summed E-state index contributed by atoms with van der Waals surface area (Å²) >= 11 is 3.53. The molecule has 0 atom stereocenters. The Bertz CT molecular complexity index is 345. The Morgan fingerprint density at radius 1 is 1.33 bits per heavy atom. The number of halogens is 2. The molecule has 0 aliphatic heterocycles. The molecule has 0 aliphatic rings. The molecule has 0 aliphatic carbocycles. The lowest BCUT2D eigenvalue weighted by atomic mass is 10.1. The van der Waals surface area contributed by atoms with Gasteiger partial charge in [0.2, 0.25) is 0 Å². The van der Waals surface area contributed by atoms with Crippen LogP contribution in [0.2, 0.25) is 0 Å². The standard InChI is InChI=1S/C14H22BrNO.ClH/c1-4-17-14-6-5-12(9-13(14)15)10-16-8-7-11(2)3;/h5-6,9,11,16H,4,7-8,10H2,1-3H3;1H. The lowest BCUT2D eigenvalue weighted by Crippen LogP contribution is -2.16. The van der Waals surface area contributed by atoms with Crippen LogP contribution in [0.1, 0.15) is 32.8 Å². The molecule has 1 N–H and O–H groups in total. The lowest BCUT2D eigenvalue weighted by Gasteiger charge is -2.09. The zero-order valence-corrected chi connectivity index (χ0v) is 13.7.